The van der Waals surface area contributed by atoms with Gasteiger partial charge in [-0.2, -0.15) is 0 Å². The van der Waals surface area contributed by atoms with Crippen molar-refractivity contribution in [3.8, 4) is 17.1 Å². The number of piperazine rings is 1. The van der Waals surface area contributed by atoms with Crippen LogP contribution in [0, 0.1) is 26.6 Å². The predicted octanol–water partition coefficient (Wildman–Crippen LogP) is 6.39. The van der Waals surface area contributed by atoms with Crippen LogP contribution in [0.1, 0.15) is 33.7 Å². The maximum absolute atomic E-state index is 14.8. The van der Waals surface area contributed by atoms with Gasteiger partial charge in [-0.1, -0.05) is 54.6 Å². The molecule has 0 unspecified atom stereocenters. The first-order valence-electron chi connectivity index (χ1n) is 13.7. The number of hydrogen-bond acceptors (Lipinski definition) is 4. The molecular formula is C32H38Cl2FN5O. The van der Waals surface area contributed by atoms with E-state index in [-0.39, 0.29) is 36.5 Å². The quantitative estimate of drug-likeness (QED) is 0.239. The first kappa shape index (κ1) is 32.1. The molecule has 0 atom stereocenters. The highest BCUT2D eigenvalue weighted by Crippen LogP contribution is 2.28. The van der Waals surface area contributed by atoms with E-state index in [0.29, 0.717) is 29.4 Å². The summed E-state index contributed by atoms with van der Waals surface area (Å²) in [6.07, 6.45) is 0.855. The van der Waals surface area contributed by atoms with E-state index >= 15 is 0 Å². The van der Waals surface area contributed by atoms with Crippen molar-refractivity contribution in [1.29, 1.82) is 0 Å². The first-order chi connectivity index (χ1) is 18.9. The molecule has 0 spiro atoms. The van der Waals surface area contributed by atoms with Crippen LogP contribution >= 0.6 is 24.8 Å². The van der Waals surface area contributed by atoms with Crippen molar-refractivity contribution in [3.63, 3.8) is 0 Å². The predicted molar refractivity (Wildman–Crippen MR) is 170 cm³/mol. The highest BCUT2D eigenvalue weighted by Gasteiger charge is 2.23. The van der Waals surface area contributed by atoms with E-state index in [4.69, 9.17) is 0 Å². The maximum Gasteiger partial charge on any atom is 0.271 e. The molecule has 1 amide bonds. The average molecular weight is 599 g/mol. The second-order valence-corrected chi connectivity index (χ2v) is 10.2. The highest BCUT2D eigenvalue weighted by molar-refractivity contribution is 5.94. The van der Waals surface area contributed by atoms with Crippen LogP contribution in [0.4, 0.5) is 10.1 Å². The second-order valence-electron chi connectivity index (χ2n) is 10.2. The van der Waals surface area contributed by atoms with Crippen LogP contribution in [0.15, 0.2) is 72.8 Å². The van der Waals surface area contributed by atoms with Gasteiger partial charge >= 0.3 is 0 Å². The fraction of sp³-hybridized carbons (Fsp3) is 0.312. The van der Waals surface area contributed by atoms with Gasteiger partial charge in [-0.25, -0.2) is 9.37 Å². The number of aromatic nitrogens is 2. The molecule has 5 rings (SSSR count). The molecule has 2 heterocycles. The molecule has 1 aliphatic rings. The van der Waals surface area contributed by atoms with Gasteiger partial charge in [0.05, 0.1) is 11.4 Å². The average Bonchev–Trinajstić information content (AvgIpc) is 3.30. The molecule has 1 aromatic heterocycles. The molecule has 6 nitrogen and oxygen atoms in total. The molecule has 218 valence electrons. The van der Waals surface area contributed by atoms with Gasteiger partial charge < -0.3 is 10.2 Å². The summed E-state index contributed by atoms with van der Waals surface area (Å²) in [5.41, 5.74) is 6.15. The number of amides is 1. The molecule has 0 saturated carbocycles. The lowest BCUT2D eigenvalue weighted by Gasteiger charge is -2.37. The fourth-order valence-corrected chi connectivity index (χ4v) is 5.30. The summed E-state index contributed by atoms with van der Waals surface area (Å²) in [5.74, 6) is -0.0515. The molecule has 9 heteroatoms. The Bertz CT molecular complexity index is 1450. The Kier molecular flexibility index (Phi) is 11.4. The van der Waals surface area contributed by atoms with Crippen LogP contribution in [0.2, 0.25) is 0 Å². The Labute approximate surface area is 254 Å². The Hall–Kier alpha value is -3.39. The van der Waals surface area contributed by atoms with Crippen molar-refractivity contribution in [1.82, 2.24) is 19.8 Å². The third-order valence-corrected chi connectivity index (χ3v) is 7.67. The Balaban J connectivity index is 0.00000231. The number of anilines is 1. The topological polar surface area (TPSA) is 53.4 Å². The summed E-state index contributed by atoms with van der Waals surface area (Å²) in [7, 11) is 0. The summed E-state index contributed by atoms with van der Waals surface area (Å²) >= 11 is 0. The smallest absolute Gasteiger partial charge is 0.271 e. The lowest BCUT2D eigenvalue weighted by atomic mass is 10.1. The van der Waals surface area contributed by atoms with Gasteiger partial charge in [-0.05, 0) is 63.1 Å². The standard InChI is InChI=1S/C32H36FN5O.2ClH/c1-23-11-9-16-28(24(23)2)37-21-19-36(20-22-37)18-10-17-34-32(39)30-25(3)38(29-15-8-7-14-27(29)33)31(35-30)26-12-5-4-6-13-26;;/h4-9,11-16H,10,17-22H2,1-3H3,(H,34,39);2*1H. The van der Waals surface area contributed by atoms with Crippen molar-refractivity contribution in [2.75, 3.05) is 44.2 Å². The minimum atomic E-state index is -0.361. The zero-order valence-corrected chi connectivity index (χ0v) is 25.4. The molecule has 0 radical (unpaired) electrons. The molecule has 1 aliphatic heterocycles. The lowest BCUT2D eigenvalue weighted by molar-refractivity contribution is 0.0946. The van der Waals surface area contributed by atoms with E-state index in [0.717, 1.165) is 44.7 Å². The number of nitrogens with one attached hydrogen (secondary N) is 1. The summed E-state index contributed by atoms with van der Waals surface area (Å²) in [6, 6.07) is 22.7. The first-order valence-corrected chi connectivity index (χ1v) is 13.7. The van der Waals surface area contributed by atoms with E-state index < -0.39 is 0 Å². The number of carbonyl (C=O) groups is 1. The highest BCUT2D eigenvalue weighted by atomic mass is 35.5. The summed E-state index contributed by atoms with van der Waals surface area (Å²) in [4.78, 5) is 22.8. The van der Waals surface area contributed by atoms with Crippen LogP contribution < -0.4 is 10.2 Å². The molecule has 0 bridgehead atoms. The number of halogens is 3. The number of nitrogens with zero attached hydrogens (tertiary/aromatic N) is 4. The molecule has 1 saturated heterocycles. The zero-order valence-electron chi connectivity index (χ0n) is 23.8. The molecule has 3 aromatic carbocycles. The van der Waals surface area contributed by atoms with Crippen LogP contribution in [-0.4, -0.2) is 59.6 Å². The van der Waals surface area contributed by atoms with Gasteiger partial charge in [0.15, 0.2) is 0 Å². The van der Waals surface area contributed by atoms with Gasteiger partial charge in [0.2, 0.25) is 0 Å². The van der Waals surface area contributed by atoms with E-state index in [1.807, 2.05) is 37.3 Å². The van der Waals surface area contributed by atoms with E-state index in [2.05, 4.69) is 52.1 Å². The number of para-hydroxylation sites is 1. The molecule has 1 fully saturated rings. The summed E-state index contributed by atoms with van der Waals surface area (Å²) < 4.78 is 16.5. The molecule has 0 aliphatic carbocycles. The Morgan fingerprint density at radius 3 is 2.22 bits per heavy atom. The zero-order chi connectivity index (χ0) is 27.4. The Morgan fingerprint density at radius 2 is 1.51 bits per heavy atom. The van der Waals surface area contributed by atoms with Crippen molar-refractivity contribution in [2.24, 2.45) is 0 Å². The van der Waals surface area contributed by atoms with Gasteiger partial charge in [-0.15, -0.1) is 24.8 Å². The van der Waals surface area contributed by atoms with Crippen LogP contribution in [0.25, 0.3) is 17.1 Å². The number of rotatable bonds is 8. The van der Waals surface area contributed by atoms with Gasteiger partial charge in [0.25, 0.3) is 5.91 Å². The monoisotopic (exact) mass is 597 g/mol. The number of aryl methyl sites for hydroxylation is 1. The molecule has 4 aromatic rings. The minimum absolute atomic E-state index is 0. The number of benzene rings is 3. The van der Waals surface area contributed by atoms with E-state index in [1.165, 1.54) is 22.9 Å². The minimum Gasteiger partial charge on any atom is -0.369 e. The largest absolute Gasteiger partial charge is 0.369 e. The lowest BCUT2D eigenvalue weighted by Crippen LogP contribution is -2.47. The summed E-state index contributed by atoms with van der Waals surface area (Å²) in [5, 5.41) is 3.04. The normalized spacial score (nSPS) is 13.3. The Morgan fingerprint density at radius 1 is 0.854 bits per heavy atom. The number of imidazole rings is 1. The van der Waals surface area contributed by atoms with Gasteiger partial charge in [0, 0.05) is 44.0 Å². The van der Waals surface area contributed by atoms with Crippen molar-refractivity contribution in [3.05, 3.63) is 101 Å². The summed E-state index contributed by atoms with van der Waals surface area (Å²) in [6.45, 7) is 11.7. The molecule has 41 heavy (non-hydrogen) atoms. The number of carbonyl (C=O) groups excluding carboxylic acids is 1. The SMILES string of the molecule is Cc1cccc(N2CCN(CCCNC(=O)c3nc(-c4ccccc4)n(-c4ccccc4F)c3C)CC2)c1C.Cl.Cl. The molecule has 1 N–H and O–H groups in total. The van der Waals surface area contributed by atoms with Gasteiger partial charge in [-0.3, -0.25) is 14.3 Å². The van der Waals surface area contributed by atoms with Gasteiger partial charge in [0.1, 0.15) is 17.3 Å². The van der Waals surface area contributed by atoms with Crippen molar-refractivity contribution >= 4 is 36.4 Å². The maximum atomic E-state index is 14.8. The second kappa shape index (κ2) is 14.5. The fourth-order valence-electron chi connectivity index (χ4n) is 5.30. The van der Waals surface area contributed by atoms with Crippen LogP contribution in [0.3, 0.4) is 0 Å². The van der Waals surface area contributed by atoms with E-state index in [1.54, 1.807) is 22.8 Å². The van der Waals surface area contributed by atoms with Crippen LogP contribution in [0.5, 0.6) is 0 Å². The third-order valence-electron chi connectivity index (χ3n) is 7.67. The molecular weight excluding hydrogens is 560 g/mol. The van der Waals surface area contributed by atoms with Crippen molar-refractivity contribution < 1.29 is 9.18 Å². The third kappa shape index (κ3) is 7.10. The van der Waals surface area contributed by atoms with E-state index in [9.17, 15) is 9.18 Å². The van der Waals surface area contributed by atoms with Crippen molar-refractivity contribution in [2.45, 2.75) is 27.2 Å². The van der Waals surface area contributed by atoms with Crippen LogP contribution in [-0.2, 0) is 0 Å². The number of hydrogen-bond donors (Lipinski definition) is 1.